The van der Waals surface area contributed by atoms with Crippen LogP contribution in [0.4, 0.5) is 4.79 Å². The van der Waals surface area contributed by atoms with Gasteiger partial charge in [0.1, 0.15) is 6.10 Å². The molecule has 188 valence electrons. The first-order valence-corrected chi connectivity index (χ1v) is 12.9. The van der Waals surface area contributed by atoms with Crippen LogP contribution >= 0.6 is 0 Å². The fourth-order valence-corrected chi connectivity index (χ4v) is 5.44. The Kier molecular flexibility index (Phi) is 9.18. The van der Waals surface area contributed by atoms with E-state index in [-0.39, 0.29) is 18.6 Å². The van der Waals surface area contributed by atoms with Gasteiger partial charge in [-0.25, -0.2) is 4.79 Å². The molecule has 0 aliphatic carbocycles. The highest BCUT2D eigenvalue weighted by Crippen LogP contribution is 2.24. The van der Waals surface area contributed by atoms with Gasteiger partial charge in [0.2, 0.25) is 0 Å². The smallest absolute Gasteiger partial charge is 0.410 e. The van der Waals surface area contributed by atoms with Crippen molar-refractivity contribution in [2.45, 2.75) is 44.8 Å². The van der Waals surface area contributed by atoms with Crippen molar-refractivity contribution in [3.63, 3.8) is 0 Å². The number of likely N-dealkylation sites (tertiary alicyclic amines) is 1. The normalized spacial score (nSPS) is 23.4. The molecule has 0 spiro atoms. The maximum atomic E-state index is 12.3. The lowest BCUT2D eigenvalue weighted by Gasteiger charge is -2.35. The van der Waals surface area contributed by atoms with E-state index >= 15 is 0 Å². The molecule has 3 aliphatic heterocycles. The number of aliphatic carboxylic acids is 1. The van der Waals surface area contributed by atoms with Gasteiger partial charge in [-0.1, -0.05) is 30.3 Å². The number of piperazine rings is 1. The number of carboxylic acid groups (broad SMARTS) is 1. The highest BCUT2D eigenvalue weighted by molar-refractivity contribution is 5.69. The zero-order chi connectivity index (χ0) is 23.8. The minimum Gasteiger partial charge on any atom is -0.481 e. The largest absolute Gasteiger partial charge is 0.481 e. The molecule has 3 saturated heterocycles. The van der Waals surface area contributed by atoms with Crippen molar-refractivity contribution < 1.29 is 19.4 Å². The number of carbonyl (C=O) groups excluding carboxylic acids is 1. The summed E-state index contributed by atoms with van der Waals surface area (Å²) in [5.74, 6) is 0.0211. The maximum Gasteiger partial charge on any atom is 0.410 e. The van der Waals surface area contributed by atoms with Crippen molar-refractivity contribution in [1.82, 2.24) is 19.6 Å². The second-order valence-corrected chi connectivity index (χ2v) is 10.1. The quantitative estimate of drug-likeness (QED) is 0.531. The van der Waals surface area contributed by atoms with Crippen molar-refractivity contribution in [1.29, 1.82) is 0 Å². The van der Waals surface area contributed by atoms with Crippen LogP contribution < -0.4 is 0 Å². The Labute approximate surface area is 203 Å². The Balaban J connectivity index is 1.08. The third-order valence-corrected chi connectivity index (χ3v) is 7.51. The Hall–Kier alpha value is -2.16. The molecule has 1 amide bonds. The SMILES string of the molecule is O=C(O)CCN1CCN(CC2CN(CCCC3CCN(Cc4ccccc4)CC3)C(=O)O2)CC1. The van der Waals surface area contributed by atoms with Crippen LogP contribution in [0.2, 0.25) is 0 Å². The van der Waals surface area contributed by atoms with E-state index in [0.717, 1.165) is 71.2 Å². The average molecular weight is 473 g/mol. The number of nitrogens with zero attached hydrogens (tertiary/aromatic N) is 4. The second-order valence-electron chi connectivity index (χ2n) is 10.1. The predicted molar refractivity (Wildman–Crippen MR) is 131 cm³/mol. The predicted octanol–water partition coefficient (Wildman–Crippen LogP) is 2.59. The minimum absolute atomic E-state index is 0.0562. The van der Waals surface area contributed by atoms with Gasteiger partial charge in [0.05, 0.1) is 13.0 Å². The number of hydrogen-bond acceptors (Lipinski definition) is 6. The highest BCUT2D eigenvalue weighted by atomic mass is 16.6. The standard InChI is InChI=1S/C26H40N4O4/c31-25(32)10-14-27-15-17-29(18-16-27)20-24-21-30(26(33)34-24)11-4-7-22-8-12-28(13-9-22)19-23-5-2-1-3-6-23/h1-3,5-6,22,24H,4,7-21H2,(H,31,32). The van der Waals surface area contributed by atoms with Crippen molar-refractivity contribution >= 4 is 12.1 Å². The van der Waals surface area contributed by atoms with Crippen molar-refractivity contribution in [2.24, 2.45) is 5.92 Å². The van der Waals surface area contributed by atoms with E-state index < -0.39 is 5.97 Å². The fourth-order valence-electron chi connectivity index (χ4n) is 5.44. The van der Waals surface area contributed by atoms with E-state index in [9.17, 15) is 9.59 Å². The van der Waals surface area contributed by atoms with Gasteiger partial charge in [0.15, 0.2) is 0 Å². The van der Waals surface area contributed by atoms with Crippen LogP contribution in [0.1, 0.15) is 37.7 Å². The summed E-state index contributed by atoms with van der Waals surface area (Å²) in [4.78, 5) is 32.1. The zero-order valence-electron chi connectivity index (χ0n) is 20.3. The third kappa shape index (κ3) is 7.68. The van der Waals surface area contributed by atoms with Crippen LogP contribution in [0, 0.1) is 5.92 Å². The van der Waals surface area contributed by atoms with E-state index in [1.54, 1.807) is 0 Å². The summed E-state index contributed by atoms with van der Waals surface area (Å²) in [5, 5.41) is 8.84. The molecule has 1 unspecified atom stereocenters. The van der Waals surface area contributed by atoms with Crippen molar-refractivity contribution in [2.75, 3.05) is 65.4 Å². The van der Waals surface area contributed by atoms with Crippen LogP contribution in [-0.4, -0.2) is 108 Å². The number of carboxylic acids is 1. The lowest BCUT2D eigenvalue weighted by molar-refractivity contribution is -0.137. The number of hydrogen-bond donors (Lipinski definition) is 1. The molecule has 3 aliphatic rings. The summed E-state index contributed by atoms with van der Waals surface area (Å²) < 4.78 is 5.64. The second kappa shape index (κ2) is 12.5. The Morgan fingerprint density at radius 1 is 0.941 bits per heavy atom. The van der Waals surface area contributed by atoms with Crippen LogP contribution in [0.25, 0.3) is 0 Å². The molecule has 34 heavy (non-hydrogen) atoms. The summed E-state index contributed by atoms with van der Waals surface area (Å²) in [7, 11) is 0. The van der Waals surface area contributed by atoms with Gasteiger partial charge in [-0.05, 0) is 50.3 Å². The number of ether oxygens (including phenoxy) is 1. The molecule has 0 aromatic heterocycles. The molecule has 1 atom stereocenters. The zero-order valence-corrected chi connectivity index (χ0v) is 20.3. The number of amides is 1. The van der Waals surface area contributed by atoms with E-state index in [1.165, 1.54) is 24.8 Å². The summed E-state index contributed by atoms with van der Waals surface area (Å²) in [6, 6.07) is 10.7. The first-order valence-electron chi connectivity index (χ1n) is 12.9. The Morgan fingerprint density at radius 2 is 1.65 bits per heavy atom. The fraction of sp³-hybridized carbons (Fsp3) is 0.692. The van der Waals surface area contributed by atoms with E-state index in [1.807, 2.05) is 4.90 Å². The van der Waals surface area contributed by atoms with Crippen LogP contribution in [-0.2, 0) is 16.1 Å². The summed E-state index contributed by atoms with van der Waals surface area (Å²) >= 11 is 0. The minimum atomic E-state index is -0.742. The van der Waals surface area contributed by atoms with Gasteiger partial charge in [0, 0.05) is 52.4 Å². The molecule has 0 bridgehead atoms. The molecule has 1 aromatic rings. The summed E-state index contributed by atoms with van der Waals surface area (Å²) in [6.45, 7) is 9.79. The lowest BCUT2D eigenvalue weighted by atomic mass is 9.92. The molecule has 0 radical (unpaired) electrons. The summed E-state index contributed by atoms with van der Waals surface area (Å²) in [5.41, 5.74) is 1.39. The van der Waals surface area contributed by atoms with Gasteiger partial charge in [-0.15, -0.1) is 0 Å². The third-order valence-electron chi connectivity index (χ3n) is 7.51. The molecular formula is C26H40N4O4. The number of rotatable bonds is 11. The highest BCUT2D eigenvalue weighted by Gasteiger charge is 2.33. The molecule has 1 N–H and O–H groups in total. The van der Waals surface area contributed by atoms with E-state index in [0.29, 0.717) is 13.1 Å². The molecule has 0 saturated carbocycles. The molecule has 3 heterocycles. The monoisotopic (exact) mass is 472 g/mol. The van der Waals surface area contributed by atoms with Crippen molar-refractivity contribution in [3.8, 4) is 0 Å². The average Bonchev–Trinajstić information content (AvgIpc) is 3.19. The maximum absolute atomic E-state index is 12.3. The van der Waals surface area contributed by atoms with Crippen molar-refractivity contribution in [3.05, 3.63) is 35.9 Å². The number of cyclic esters (lactones) is 1. The van der Waals surface area contributed by atoms with Gasteiger partial charge >= 0.3 is 12.1 Å². The first-order chi connectivity index (χ1) is 16.5. The number of benzene rings is 1. The van der Waals surface area contributed by atoms with Gasteiger partial charge in [-0.3, -0.25) is 14.6 Å². The van der Waals surface area contributed by atoms with Crippen LogP contribution in [0.3, 0.4) is 0 Å². The van der Waals surface area contributed by atoms with Gasteiger partial charge in [0.25, 0.3) is 0 Å². The molecule has 3 fully saturated rings. The summed E-state index contributed by atoms with van der Waals surface area (Å²) in [6.07, 6.45) is 4.71. The first kappa shape index (κ1) is 24.9. The molecule has 4 rings (SSSR count). The molecule has 1 aromatic carbocycles. The molecule has 8 nitrogen and oxygen atoms in total. The Morgan fingerprint density at radius 3 is 2.35 bits per heavy atom. The van der Waals surface area contributed by atoms with Gasteiger partial charge in [-0.2, -0.15) is 0 Å². The van der Waals surface area contributed by atoms with Gasteiger partial charge < -0.3 is 19.6 Å². The number of piperidine rings is 1. The van der Waals surface area contributed by atoms with Crippen LogP contribution in [0.5, 0.6) is 0 Å². The molecular weight excluding hydrogens is 432 g/mol. The van der Waals surface area contributed by atoms with E-state index in [2.05, 4.69) is 45.0 Å². The van der Waals surface area contributed by atoms with E-state index in [4.69, 9.17) is 9.84 Å². The lowest BCUT2D eigenvalue weighted by Crippen LogP contribution is -2.49. The Bertz CT molecular complexity index is 776. The molecule has 8 heteroatoms. The topological polar surface area (TPSA) is 76.6 Å². The number of carbonyl (C=O) groups is 2. The van der Waals surface area contributed by atoms with Crippen LogP contribution in [0.15, 0.2) is 30.3 Å².